The summed E-state index contributed by atoms with van der Waals surface area (Å²) in [6.07, 6.45) is 14.5. The summed E-state index contributed by atoms with van der Waals surface area (Å²) in [6, 6.07) is 0. The number of hydrogen-bond acceptors (Lipinski definition) is 0. The largest absolute Gasteiger partial charge is 0.275 e. The van der Waals surface area contributed by atoms with Crippen LogP contribution >= 0.6 is 12.4 Å². The molecule has 0 amide bonds. The van der Waals surface area contributed by atoms with Crippen molar-refractivity contribution >= 4 is 12.4 Å². The monoisotopic (exact) mass is 201 g/mol. The molecule has 0 aliphatic heterocycles. The van der Waals surface area contributed by atoms with Gasteiger partial charge in [-0.1, -0.05) is 19.3 Å². The van der Waals surface area contributed by atoms with E-state index in [0.717, 1.165) is 6.42 Å². The Balaban J connectivity index is 0. The zero-order valence-corrected chi connectivity index (χ0v) is 7.59. The van der Waals surface area contributed by atoms with Crippen molar-refractivity contribution < 1.29 is 16.5 Å². The number of allylic oxidation sites excluding steroid dienone is 4. The fourth-order valence-corrected chi connectivity index (χ4v) is 0.805. The quantitative estimate of drug-likeness (QED) is 0.418. The minimum Gasteiger partial charge on any atom is -0.275 e. The van der Waals surface area contributed by atoms with E-state index in [4.69, 9.17) is 0 Å². The first kappa shape index (κ1) is 12.9. The first-order valence-corrected chi connectivity index (χ1v) is 3.22. The summed E-state index contributed by atoms with van der Waals surface area (Å²) in [7, 11) is 0. The van der Waals surface area contributed by atoms with Crippen LogP contribution < -0.4 is 0 Å². The van der Waals surface area contributed by atoms with Gasteiger partial charge in [-0.3, -0.25) is 6.08 Å². The molecule has 10 heavy (non-hydrogen) atoms. The summed E-state index contributed by atoms with van der Waals surface area (Å²) in [5, 5.41) is 0. The molecule has 1 rings (SSSR count). The third-order valence-corrected chi connectivity index (χ3v) is 1.29. The van der Waals surface area contributed by atoms with Crippen LogP contribution in [0.15, 0.2) is 18.2 Å². The Morgan fingerprint density at radius 1 is 1.20 bits per heavy atom. The molecule has 0 bridgehead atoms. The normalized spacial score (nSPS) is 16.0. The summed E-state index contributed by atoms with van der Waals surface area (Å²) < 4.78 is 0. The van der Waals surface area contributed by atoms with Crippen LogP contribution in [0.5, 0.6) is 0 Å². The zero-order valence-electron chi connectivity index (χ0n) is 5.78. The van der Waals surface area contributed by atoms with Gasteiger partial charge in [0.05, 0.1) is 0 Å². The summed E-state index contributed by atoms with van der Waals surface area (Å²) in [5.41, 5.74) is 0. The van der Waals surface area contributed by atoms with Gasteiger partial charge in [-0.25, -0.2) is 12.2 Å². The average Bonchev–Trinajstić information content (AvgIpc) is 1.62. The van der Waals surface area contributed by atoms with Crippen molar-refractivity contribution in [1.82, 2.24) is 0 Å². The summed E-state index contributed by atoms with van der Waals surface area (Å²) in [4.78, 5) is 0. The maximum absolute atomic E-state index is 3.18. The van der Waals surface area contributed by atoms with E-state index >= 15 is 0 Å². The molecule has 0 atom stereocenters. The van der Waals surface area contributed by atoms with E-state index in [0.29, 0.717) is 0 Å². The molecule has 0 heterocycles. The Kier molecular flexibility index (Phi) is 11.9. The molecule has 1 aliphatic carbocycles. The van der Waals surface area contributed by atoms with Crippen LogP contribution in [0.4, 0.5) is 0 Å². The van der Waals surface area contributed by atoms with Crippen molar-refractivity contribution in [3.05, 3.63) is 24.3 Å². The second kappa shape index (κ2) is 9.26. The van der Waals surface area contributed by atoms with E-state index in [1.807, 2.05) is 6.08 Å². The third kappa shape index (κ3) is 6.38. The molecule has 62 valence electrons. The Bertz CT molecular complexity index is 93.8. The van der Waals surface area contributed by atoms with Crippen molar-refractivity contribution in [2.45, 2.75) is 25.7 Å². The molecule has 0 nitrogen and oxygen atoms in total. The van der Waals surface area contributed by atoms with Gasteiger partial charge in [-0.2, -0.15) is 6.08 Å². The van der Waals surface area contributed by atoms with Gasteiger partial charge >= 0.3 is 0 Å². The second-order valence-corrected chi connectivity index (χ2v) is 2.04. The average molecular weight is 202 g/mol. The van der Waals surface area contributed by atoms with Crippen molar-refractivity contribution in [3.63, 3.8) is 0 Å². The smallest absolute Gasteiger partial charge is 0 e. The van der Waals surface area contributed by atoms with Gasteiger partial charge in [-0.05, 0) is 0 Å². The SMILES string of the molecule is Cl.[C-]1=CC=CCCCC1.[Ni]. The van der Waals surface area contributed by atoms with E-state index in [2.05, 4.69) is 18.2 Å². The van der Waals surface area contributed by atoms with Gasteiger partial charge in [0.15, 0.2) is 0 Å². The van der Waals surface area contributed by atoms with Gasteiger partial charge in [0.25, 0.3) is 0 Å². The second-order valence-electron chi connectivity index (χ2n) is 2.04. The minimum atomic E-state index is 0. The summed E-state index contributed by atoms with van der Waals surface area (Å²) in [5.74, 6) is 0. The van der Waals surface area contributed by atoms with Crippen molar-refractivity contribution in [3.8, 4) is 0 Å². The van der Waals surface area contributed by atoms with E-state index in [-0.39, 0.29) is 28.9 Å². The van der Waals surface area contributed by atoms with E-state index in [1.54, 1.807) is 0 Å². The summed E-state index contributed by atoms with van der Waals surface area (Å²) >= 11 is 0. The first-order chi connectivity index (χ1) is 4.00. The Morgan fingerprint density at radius 2 is 2.00 bits per heavy atom. The number of halogens is 1. The molecular formula is C8H12ClNi-. The molecule has 0 radical (unpaired) electrons. The van der Waals surface area contributed by atoms with Gasteiger partial charge in [0.1, 0.15) is 0 Å². The maximum Gasteiger partial charge on any atom is 0 e. The van der Waals surface area contributed by atoms with Crippen LogP contribution in [0.25, 0.3) is 0 Å². The fourth-order valence-electron chi connectivity index (χ4n) is 0.805. The molecule has 0 saturated heterocycles. The zero-order chi connectivity index (χ0) is 5.66. The Hall–Kier alpha value is 0.264. The fraction of sp³-hybridized carbons (Fsp3) is 0.500. The number of rotatable bonds is 0. The minimum absolute atomic E-state index is 0. The molecule has 0 aromatic carbocycles. The molecule has 0 unspecified atom stereocenters. The van der Waals surface area contributed by atoms with Crippen LogP contribution in [0, 0.1) is 6.08 Å². The molecule has 0 aromatic rings. The number of hydrogen-bond donors (Lipinski definition) is 0. The Labute approximate surface area is 79.1 Å². The van der Waals surface area contributed by atoms with Crippen LogP contribution in [0.3, 0.4) is 0 Å². The third-order valence-electron chi connectivity index (χ3n) is 1.29. The first-order valence-electron chi connectivity index (χ1n) is 3.22. The molecule has 0 fully saturated rings. The molecule has 0 saturated carbocycles. The predicted molar refractivity (Wildman–Crippen MR) is 42.7 cm³/mol. The van der Waals surface area contributed by atoms with Crippen LogP contribution in [-0.4, -0.2) is 0 Å². The van der Waals surface area contributed by atoms with Gasteiger partial charge in [0, 0.05) is 16.5 Å². The van der Waals surface area contributed by atoms with Gasteiger partial charge in [-0.15, -0.1) is 18.8 Å². The Morgan fingerprint density at radius 3 is 2.80 bits per heavy atom. The van der Waals surface area contributed by atoms with Crippen molar-refractivity contribution in [2.24, 2.45) is 0 Å². The van der Waals surface area contributed by atoms with E-state index < -0.39 is 0 Å². The molecule has 2 heteroatoms. The topological polar surface area (TPSA) is 0 Å². The molecule has 0 N–H and O–H groups in total. The van der Waals surface area contributed by atoms with Crippen LogP contribution in [0.1, 0.15) is 25.7 Å². The van der Waals surface area contributed by atoms with E-state index in [1.165, 1.54) is 19.3 Å². The predicted octanol–water partition coefficient (Wildman–Crippen LogP) is 2.90. The molecule has 0 spiro atoms. The maximum atomic E-state index is 3.18. The van der Waals surface area contributed by atoms with Crippen LogP contribution in [-0.2, 0) is 16.5 Å². The van der Waals surface area contributed by atoms with Gasteiger partial charge < -0.3 is 0 Å². The van der Waals surface area contributed by atoms with E-state index in [9.17, 15) is 0 Å². The van der Waals surface area contributed by atoms with Crippen LogP contribution in [0.2, 0.25) is 0 Å². The van der Waals surface area contributed by atoms with Crippen molar-refractivity contribution in [2.75, 3.05) is 0 Å². The summed E-state index contributed by atoms with van der Waals surface area (Å²) in [6.45, 7) is 0. The van der Waals surface area contributed by atoms with Gasteiger partial charge in [0.2, 0.25) is 0 Å². The molecular weight excluding hydrogens is 190 g/mol. The standard InChI is InChI=1S/C8H11.ClH.Ni/c1-2-4-6-8-7-5-3-1;;/h1-3H,4,6-8H2;1H;/q-1;;. The molecule has 1 aliphatic rings. The van der Waals surface area contributed by atoms with Crippen molar-refractivity contribution in [1.29, 1.82) is 0 Å². The molecule has 0 aromatic heterocycles.